The van der Waals surface area contributed by atoms with Crippen LogP contribution < -0.4 is 0 Å². The van der Waals surface area contributed by atoms with Crippen LogP contribution in [0, 0.1) is 11.8 Å². The summed E-state index contributed by atoms with van der Waals surface area (Å²) in [6.07, 6.45) is 17.0. The van der Waals surface area contributed by atoms with Crippen LogP contribution in [-0.4, -0.2) is 11.2 Å². The summed E-state index contributed by atoms with van der Waals surface area (Å²) in [6.45, 7) is 4.48. The molecule has 0 aromatic carbocycles. The van der Waals surface area contributed by atoms with Crippen molar-refractivity contribution >= 4 is 0 Å². The molecule has 0 bridgehead atoms. The number of unbranched alkanes of at least 4 members (excludes halogenated alkanes) is 11. The largest absolute Gasteiger partial charge is 0.380 e. The van der Waals surface area contributed by atoms with Crippen molar-refractivity contribution in [3.8, 4) is 11.8 Å². The highest BCUT2D eigenvalue weighted by molar-refractivity contribution is 5.04. The zero-order valence-corrected chi connectivity index (χ0v) is 13.9. The van der Waals surface area contributed by atoms with E-state index in [9.17, 15) is 5.11 Å². The van der Waals surface area contributed by atoms with Crippen LogP contribution >= 0.6 is 0 Å². The van der Waals surface area contributed by atoms with Gasteiger partial charge in [0.05, 0.1) is 0 Å². The molecule has 1 N–H and O–H groups in total. The summed E-state index contributed by atoms with van der Waals surface area (Å²) in [4.78, 5) is 0. The van der Waals surface area contributed by atoms with Crippen molar-refractivity contribution in [3.05, 3.63) is 0 Å². The predicted molar refractivity (Wildman–Crippen MR) is 89.8 cm³/mol. The molecule has 0 saturated carbocycles. The third-order valence-electron chi connectivity index (χ3n) is 3.76. The summed E-state index contributed by atoms with van der Waals surface area (Å²) in [6, 6.07) is 0. The van der Waals surface area contributed by atoms with Crippen molar-refractivity contribution in [2.24, 2.45) is 0 Å². The third-order valence-corrected chi connectivity index (χ3v) is 3.76. The van der Waals surface area contributed by atoms with E-state index in [1.165, 1.54) is 70.6 Å². The van der Waals surface area contributed by atoms with E-state index in [4.69, 9.17) is 0 Å². The highest BCUT2D eigenvalue weighted by atomic mass is 16.3. The van der Waals surface area contributed by atoms with Crippen LogP contribution in [0.3, 0.4) is 0 Å². The molecule has 0 aromatic heterocycles. The van der Waals surface area contributed by atoms with Crippen molar-refractivity contribution in [2.75, 3.05) is 0 Å². The van der Waals surface area contributed by atoms with Crippen LogP contribution in [-0.2, 0) is 0 Å². The predicted octanol–water partition coefficient (Wildman–Crippen LogP) is 5.85. The van der Waals surface area contributed by atoms with Crippen LogP contribution in [0.15, 0.2) is 0 Å². The highest BCUT2D eigenvalue weighted by Gasteiger charge is 1.98. The Morgan fingerprint density at radius 2 is 1.20 bits per heavy atom. The fourth-order valence-electron chi connectivity index (χ4n) is 2.37. The second-order valence-electron chi connectivity index (χ2n) is 5.91. The highest BCUT2D eigenvalue weighted by Crippen LogP contribution is 2.09. The number of aliphatic hydroxyl groups excluding tert-OH is 1. The van der Waals surface area contributed by atoms with Crippen LogP contribution in [0.2, 0.25) is 0 Å². The van der Waals surface area contributed by atoms with Gasteiger partial charge >= 0.3 is 0 Å². The molecule has 0 unspecified atom stereocenters. The second-order valence-corrected chi connectivity index (χ2v) is 5.91. The maximum atomic E-state index is 9.76. The van der Waals surface area contributed by atoms with E-state index in [-0.39, 0.29) is 6.10 Å². The molecule has 0 saturated heterocycles. The molecule has 0 spiro atoms. The maximum Gasteiger partial charge on any atom is 0.114 e. The van der Waals surface area contributed by atoms with Crippen molar-refractivity contribution < 1.29 is 5.11 Å². The zero-order chi connectivity index (χ0) is 14.9. The first kappa shape index (κ1) is 19.5. The van der Waals surface area contributed by atoms with Gasteiger partial charge in [0.15, 0.2) is 0 Å². The van der Waals surface area contributed by atoms with Crippen molar-refractivity contribution in [1.29, 1.82) is 0 Å². The zero-order valence-electron chi connectivity index (χ0n) is 13.9. The van der Waals surface area contributed by atoms with Gasteiger partial charge < -0.3 is 5.11 Å². The Bertz CT molecular complexity index is 236. The molecule has 0 amide bonds. The van der Waals surface area contributed by atoms with Crippen LogP contribution in [0.5, 0.6) is 0 Å². The second kappa shape index (κ2) is 16.6. The van der Waals surface area contributed by atoms with Crippen LogP contribution in [0.1, 0.15) is 104 Å². The van der Waals surface area contributed by atoms with Gasteiger partial charge in [0, 0.05) is 6.42 Å². The topological polar surface area (TPSA) is 20.2 Å². The fraction of sp³-hybridized carbons (Fsp3) is 0.895. The molecule has 1 nitrogen and oxygen atoms in total. The van der Waals surface area contributed by atoms with E-state index in [0.717, 1.165) is 19.3 Å². The van der Waals surface area contributed by atoms with Gasteiger partial charge in [-0.1, -0.05) is 84.0 Å². The first-order valence-corrected chi connectivity index (χ1v) is 8.97. The first-order valence-electron chi connectivity index (χ1n) is 8.97. The number of rotatable bonds is 13. The quantitative estimate of drug-likeness (QED) is 0.331. The molecule has 0 aliphatic carbocycles. The Balaban J connectivity index is 3.29. The lowest BCUT2D eigenvalue weighted by atomic mass is 10.1. The van der Waals surface area contributed by atoms with E-state index in [1.807, 2.05) is 0 Å². The third kappa shape index (κ3) is 15.6. The minimum absolute atomic E-state index is 0.388. The molecule has 0 rings (SSSR count). The minimum atomic E-state index is -0.388. The molecule has 0 aromatic rings. The maximum absolute atomic E-state index is 9.76. The SMILES string of the molecule is CCCCCCCC#C[C@H](O)CCCCCCCCC. The van der Waals surface area contributed by atoms with Gasteiger partial charge in [-0.2, -0.15) is 0 Å². The monoisotopic (exact) mass is 280 g/mol. The summed E-state index contributed by atoms with van der Waals surface area (Å²) in [5.74, 6) is 6.12. The average Bonchev–Trinajstić information content (AvgIpc) is 2.45. The van der Waals surface area contributed by atoms with E-state index in [0.29, 0.717) is 0 Å². The van der Waals surface area contributed by atoms with Gasteiger partial charge in [-0.05, 0) is 19.3 Å². The molecule has 1 heteroatoms. The fourth-order valence-corrected chi connectivity index (χ4v) is 2.37. The van der Waals surface area contributed by atoms with Crippen molar-refractivity contribution in [1.82, 2.24) is 0 Å². The van der Waals surface area contributed by atoms with E-state index in [1.54, 1.807) is 0 Å². The minimum Gasteiger partial charge on any atom is -0.380 e. The van der Waals surface area contributed by atoms with Crippen LogP contribution in [0.25, 0.3) is 0 Å². The Kier molecular flexibility index (Phi) is 16.2. The lowest BCUT2D eigenvalue weighted by Gasteiger charge is -2.03. The lowest BCUT2D eigenvalue weighted by Crippen LogP contribution is -2.02. The van der Waals surface area contributed by atoms with Crippen LogP contribution in [0.4, 0.5) is 0 Å². The smallest absolute Gasteiger partial charge is 0.114 e. The normalized spacial score (nSPS) is 11.9. The van der Waals surface area contributed by atoms with Gasteiger partial charge in [-0.3, -0.25) is 0 Å². The lowest BCUT2D eigenvalue weighted by molar-refractivity contribution is 0.217. The molecule has 0 fully saturated rings. The van der Waals surface area contributed by atoms with Gasteiger partial charge in [0.1, 0.15) is 6.10 Å². The number of aliphatic hydroxyl groups is 1. The van der Waals surface area contributed by atoms with Crippen molar-refractivity contribution in [2.45, 2.75) is 110 Å². The van der Waals surface area contributed by atoms with Gasteiger partial charge in [0.25, 0.3) is 0 Å². The van der Waals surface area contributed by atoms with E-state index < -0.39 is 0 Å². The Morgan fingerprint density at radius 1 is 0.700 bits per heavy atom. The number of hydrogen-bond acceptors (Lipinski definition) is 1. The molecular weight excluding hydrogens is 244 g/mol. The Hall–Kier alpha value is -0.480. The summed E-state index contributed by atoms with van der Waals surface area (Å²) < 4.78 is 0. The molecular formula is C19H36O. The summed E-state index contributed by atoms with van der Waals surface area (Å²) >= 11 is 0. The molecule has 1 atom stereocenters. The van der Waals surface area contributed by atoms with E-state index in [2.05, 4.69) is 25.7 Å². The Labute approximate surface area is 127 Å². The van der Waals surface area contributed by atoms with E-state index >= 15 is 0 Å². The number of hydrogen-bond donors (Lipinski definition) is 1. The molecule has 0 radical (unpaired) electrons. The molecule has 20 heavy (non-hydrogen) atoms. The summed E-state index contributed by atoms with van der Waals surface area (Å²) in [5.41, 5.74) is 0. The molecule has 0 aliphatic heterocycles. The van der Waals surface area contributed by atoms with Crippen molar-refractivity contribution in [3.63, 3.8) is 0 Å². The van der Waals surface area contributed by atoms with Gasteiger partial charge in [-0.15, -0.1) is 5.92 Å². The summed E-state index contributed by atoms with van der Waals surface area (Å²) in [7, 11) is 0. The molecule has 0 heterocycles. The molecule has 0 aliphatic rings. The molecule has 118 valence electrons. The Morgan fingerprint density at radius 3 is 1.80 bits per heavy atom. The summed E-state index contributed by atoms with van der Waals surface area (Å²) in [5, 5.41) is 9.76. The van der Waals surface area contributed by atoms with Gasteiger partial charge in [0.2, 0.25) is 0 Å². The van der Waals surface area contributed by atoms with Gasteiger partial charge in [-0.25, -0.2) is 0 Å². The standard InChI is InChI=1S/C19H36O/c1-3-5-7-9-11-13-15-17-19(20)18-16-14-12-10-8-6-4-2/h19-20H,3-15,17H2,1-2H3/t19-/m1/s1. The average molecular weight is 280 g/mol. The first-order chi connectivity index (χ1) is 9.81.